The monoisotopic (exact) mass is 329 g/mol. The first-order valence-electron chi connectivity index (χ1n) is 6.95. The molecule has 120 valence electrons. The Morgan fingerprint density at radius 3 is 2.73 bits per heavy atom. The molecule has 2 heterocycles. The number of nitrogens with zero attached hydrogens (tertiary/aromatic N) is 1. The van der Waals surface area contributed by atoms with Gasteiger partial charge < -0.3 is 10.4 Å². The lowest BCUT2D eigenvalue weighted by Gasteiger charge is -2.18. The van der Waals surface area contributed by atoms with Gasteiger partial charge in [0.1, 0.15) is 18.0 Å². The number of halogens is 1. The van der Waals surface area contributed by atoms with Gasteiger partial charge in [0.2, 0.25) is 0 Å². The lowest BCUT2D eigenvalue weighted by molar-refractivity contribution is -0.117. The molecule has 1 atom stereocenters. The molecule has 7 nitrogen and oxygen atoms in total. The Morgan fingerprint density at radius 2 is 2.18 bits per heavy atom. The van der Waals surface area contributed by atoms with Crippen molar-refractivity contribution in [2.24, 2.45) is 0 Å². The molecular weight excluding hydrogens is 313 g/mol. The van der Waals surface area contributed by atoms with Gasteiger partial charge in [-0.15, -0.1) is 0 Å². The number of benzene rings is 1. The summed E-state index contributed by atoms with van der Waals surface area (Å²) in [6, 6.07) is 2.77. The van der Waals surface area contributed by atoms with Crippen LogP contribution in [-0.2, 0) is 21.4 Å². The number of hydrogen-bond donors (Lipinski definition) is 3. The van der Waals surface area contributed by atoms with Crippen LogP contribution in [0.2, 0.25) is 0 Å². The van der Waals surface area contributed by atoms with Crippen LogP contribution < -0.4 is 14.3 Å². The number of rotatable bonds is 3. The van der Waals surface area contributed by atoms with Gasteiger partial charge in [-0.3, -0.25) is 4.79 Å². The molecule has 9 heteroatoms. The molecule has 0 saturated carbocycles. The van der Waals surface area contributed by atoms with Gasteiger partial charge in [0, 0.05) is 6.04 Å². The summed E-state index contributed by atoms with van der Waals surface area (Å²) < 4.78 is 40.1. The fourth-order valence-corrected chi connectivity index (χ4v) is 4.04. The summed E-state index contributed by atoms with van der Waals surface area (Å²) in [5, 5.41) is 13.3. The first kappa shape index (κ1) is 15.0. The SMILES string of the molecule is O=C1CN(c2c(O)cc(CC3CCCN3)cc2F)S(=O)(=O)N1. The molecule has 1 amide bonds. The molecule has 0 radical (unpaired) electrons. The zero-order valence-corrected chi connectivity index (χ0v) is 12.5. The molecule has 0 aromatic heterocycles. The van der Waals surface area contributed by atoms with E-state index >= 15 is 0 Å². The summed E-state index contributed by atoms with van der Waals surface area (Å²) in [5.41, 5.74) is 0.0792. The van der Waals surface area contributed by atoms with Crippen molar-refractivity contribution in [3.8, 4) is 5.75 Å². The highest BCUT2D eigenvalue weighted by atomic mass is 32.2. The maximum Gasteiger partial charge on any atom is 0.326 e. The highest BCUT2D eigenvalue weighted by molar-refractivity contribution is 7.92. The van der Waals surface area contributed by atoms with Crippen LogP contribution in [0.3, 0.4) is 0 Å². The van der Waals surface area contributed by atoms with E-state index in [-0.39, 0.29) is 6.04 Å². The molecule has 1 unspecified atom stereocenters. The number of carbonyl (C=O) groups is 1. The number of nitrogens with one attached hydrogen (secondary N) is 2. The van der Waals surface area contributed by atoms with Crippen LogP contribution in [0.5, 0.6) is 5.75 Å². The average Bonchev–Trinajstić information content (AvgIpc) is 2.97. The Balaban J connectivity index is 1.91. The minimum Gasteiger partial charge on any atom is -0.506 e. The fraction of sp³-hybridized carbons (Fsp3) is 0.462. The topological polar surface area (TPSA) is 98.7 Å². The number of anilines is 1. The van der Waals surface area contributed by atoms with E-state index < -0.39 is 39.9 Å². The molecule has 2 fully saturated rings. The van der Waals surface area contributed by atoms with Crippen molar-refractivity contribution < 1.29 is 22.7 Å². The first-order chi connectivity index (χ1) is 10.4. The third-order valence-corrected chi connectivity index (χ3v) is 5.19. The smallest absolute Gasteiger partial charge is 0.326 e. The fourth-order valence-electron chi connectivity index (χ4n) is 2.87. The zero-order chi connectivity index (χ0) is 15.9. The molecule has 0 aliphatic carbocycles. The van der Waals surface area contributed by atoms with Gasteiger partial charge in [-0.25, -0.2) is 13.4 Å². The predicted octanol–water partition coefficient (Wildman–Crippen LogP) is 0.00680. The van der Waals surface area contributed by atoms with Crippen LogP contribution in [0, 0.1) is 5.82 Å². The predicted molar refractivity (Wildman–Crippen MR) is 77.2 cm³/mol. The third-order valence-electron chi connectivity index (χ3n) is 3.82. The molecule has 1 aromatic rings. The Hall–Kier alpha value is -1.87. The summed E-state index contributed by atoms with van der Waals surface area (Å²) >= 11 is 0. The molecule has 0 spiro atoms. The third kappa shape index (κ3) is 2.73. The van der Waals surface area contributed by atoms with Gasteiger partial charge in [0.25, 0.3) is 5.91 Å². The quantitative estimate of drug-likeness (QED) is 0.725. The van der Waals surface area contributed by atoms with Crippen LogP contribution in [0.1, 0.15) is 18.4 Å². The summed E-state index contributed by atoms with van der Waals surface area (Å²) in [6.07, 6.45) is 2.58. The number of carbonyl (C=O) groups excluding carboxylic acids is 1. The Kier molecular flexibility index (Phi) is 3.69. The number of phenolic OH excluding ortho intramolecular Hbond substituents is 1. The van der Waals surface area contributed by atoms with Gasteiger partial charge in [-0.05, 0) is 43.5 Å². The van der Waals surface area contributed by atoms with Gasteiger partial charge in [0.05, 0.1) is 0 Å². The summed E-state index contributed by atoms with van der Waals surface area (Å²) in [5.74, 6) is -2.13. The van der Waals surface area contributed by atoms with Crippen molar-refractivity contribution in [3.63, 3.8) is 0 Å². The summed E-state index contributed by atoms with van der Waals surface area (Å²) in [7, 11) is -4.15. The van der Waals surface area contributed by atoms with E-state index in [9.17, 15) is 22.7 Å². The van der Waals surface area contributed by atoms with E-state index in [0.29, 0.717) is 16.3 Å². The normalized spacial score (nSPS) is 23.8. The van der Waals surface area contributed by atoms with Crippen LogP contribution in [0.4, 0.5) is 10.1 Å². The van der Waals surface area contributed by atoms with E-state index in [0.717, 1.165) is 19.4 Å². The average molecular weight is 329 g/mol. The van der Waals surface area contributed by atoms with Crippen molar-refractivity contribution in [1.29, 1.82) is 0 Å². The van der Waals surface area contributed by atoms with E-state index in [1.807, 2.05) is 0 Å². The second-order valence-electron chi connectivity index (χ2n) is 5.48. The molecular formula is C13H16FN3O4S. The van der Waals surface area contributed by atoms with Gasteiger partial charge in [-0.1, -0.05) is 0 Å². The number of aromatic hydroxyl groups is 1. The maximum absolute atomic E-state index is 14.3. The minimum absolute atomic E-state index is 0.225. The van der Waals surface area contributed by atoms with E-state index in [4.69, 9.17) is 0 Å². The Morgan fingerprint density at radius 1 is 1.41 bits per heavy atom. The second kappa shape index (κ2) is 5.40. The second-order valence-corrected chi connectivity index (χ2v) is 7.07. The molecule has 2 aliphatic heterocycles. The van der Waals surface area contributed by atoms with Crippen molar-refractivity contribution >= 4 is 21.8 Å². The summed E-state index contributed by atoms with van der Waals surface area (Å²) in [6.45, 7) is 0.368. The van der Waals surface area contributed by atoms with Crippen molar-refractivity contribution in [2.45, 2.75) is 25.3 Å². The maximum atomic E-state index is 14.3. The van der Waals surface area contributed by atoms with Gasteiger partial charge >= 0.3 is 10.2 Å². The van der Waals surface area contributed by atoms with Crippen LogP contribution in [0.25, 0.3) is 0 Å². The summed E-state index contributed by atoms with van der Waals surface area (Å²) in [4.78, 5) is 11.2. The van der Waals surface area contributed by atoms with E-state index in [1.54, 1.807) is 4.72 Å². The first-order valence-corrected chi connectivity index (χ1v) is 8.39. The van der Waals surface area contributed by atoms with Gasteiger partial charge in [-0.2, -0.15) is 8.42 Å². The molecule has 2 saturated heterocycles. The highest BCUT2D eigenvalue weighted by Gasteiger charge is 2.37. The van der Waals surface area contributed by atoms with E-state index in [2.05, 4.69) is 5.32 Å². The standard InChI is InChI=1S/C13H16FN3O4S/c14-10-5-8(4-9-2-1-3-15-9)6-11(18)13(10)17-7-12(19)16-22(17,20)21/h5-6,9,15,18H,1-4,7H2,(H,16,19). The number of hydrogen-bond acceptors (Lipinski definition) is 5. The molecule has 2 aliphatic rings. The Labute approximate surface area is 127 Å². The number of amides is 1. The molecule has 3 N–H and O–H groups in total. The lowest BCUT2D eigenvalue weighted by Crippen LogP contribution is -2.30. The number of phenols is 1. The largest absolute Gasteiger partial charge is 0.506 e. The zero-order valence-electron chi connectivity index (χ0n) is 11.7. The van der Waals surface area contributed by atoms with Crippen molar-refractivity contribution in [2.75, 3.05) is 17.4 Å². The Bertz CT molecular complexity index is 693. The van der Waals surface area contributed by atoms with Crippen LogP contribution in [-0.4, -0.2) is 38.6 Å². The molecule has 22 heavy (non-hydrogen) atoms. The van der Waals surface area contributed by atoms with Gasteiger partial charge in [0.15, 0.2) is 5.82 Å². The van der Waals surface area contributed by atoms with Crippen LogP contribution >= 0.6 is 0 Å². The van der Waals surface area contributed by atoms with Crippen molar-refractivity contribution in [1.82, 2.24) is 10.0 Å². The van der Waals surface area contributed by atoms with E-state index in [1.165, 1.54) is 12.1 Å². The lowest BCUT2D eigenvalue weighted by atomic mass is 10.0. The molecule has 3 rings (SSSR count). The molecule has 1 aromatic carbocycles. The minimum atomic E-state index is -4.15. The highest BCUT2D eigenvalue weighted by Crippen LogP contribution is 2.35. The molecule has 0 bridgehead atoms. The van der Waals surface area contributed by atoms with Crippen LogP contribution in [0.15, 0.2) is 12.1 Å². The van der Waals surface area contributed by atoms with Crippen molar-refractivity contribution in [3.05, 3.63) is 23.5 Å².